The maximum atomic E-state index is 13.4. The van der Waals surface area contributed by atoms with Gasteiger partial charge in [0, 0.05) is 30.9 Å². The minimum atomic E-state index is -0.171. The van der Waals surface area contributed by atoms with Gasteiger partial charge >= 0.3 is 0 Å². The maximum Gasteiger partial charge on any atom is 0.196 e. The molecule has 5 rings (SSSR count). The summed E-state index contributed by atoms with van der Waals surface area (Å²) in [6.45, 7) is 1.86. The number of fused-ring (bicyclic) bond motifs is 1. The summed E-state index contributed by atoms with van der Waals surface area (Å²) >= 11 is 6.49. The van der Waals surface area contributed by atoms with Crippen molar-refractivity contribution >= 4 is 34.2 Å². The number of ether oxygens (including phenoxy) is 1. The molecule has 3 heterocycles. The number of hydrogen-bond acceptors (Lipinski definition) is 5. The number of H-pyrrole nitrogens is 1. The highest BCUT2D eigenvalue weighted by atomic mass is 35.5. The number of rotatable bonds is 5. The zero-order valence-corrected chi connectivity index (χ0v) is 17.6. The van der Waals surface area contributed by atoms with E-state index in [2.05, 4.69) is 19.9 Å². The molecule has 0 radical (unpaired) electrons. The second-order valence-electron chi connectivity index (χ2n) is 7.56. The topological polar surface area (TPSA) is 71.1 Å². The molecule has 0 saturated carbocycles. The Morgan fingerprint density at radius 2 is 1.77 bits per heavy atom. The number of piperidine rings is 1. The van der Waals surface area contributed by atoms with Crippen LogP contribution in [0.2, 0.25) is 5.02 Å². The highest BCUT2D eigenvalue weighted by Gasteiger charge is 2.23. The highest BCUT2D eigenvalue weighted by molar-refractivity contribution is 6.35. The van der Waals surface area contributed by atoms with Gasteiger partial charge in [-0.25, -0.2) is 9.97 Å². The Balaban J connectivity index is 1.49. The number of anilines is 1. The summed E-state index contributed by atoms with van der Waals surface area (Å²) in [6, 6.07) is 14.6. The number of nitrogens with one attached hydrogen (secondary N) is 1. The number of para-hydroxylation sites is 1. The normalized spacial score (nSPS) is 14.0. The molecule has 0 spiro atoms. The van der Waals surface area contributed by atoms with Crippen molar-refractivity contribution in [3.05, 3.63) is 77.2 Å². The van der Waals surface area contributed by atoms with Gasteiger partial charge in [0.05, 0.1) is 16.0 Å². The quantitative estimate of drug-likeness (QED) is 0.414. The lowest BCUT2D eigenvalue weighted by atomic mass is 10.0. The van der Waals surface area contributed by atoms with Crippen LogP contribution in [0.5, 0.6) is 11.5 Å². The van der Waals surface area contributed by atoms with Crippen LogP contribution >= 0.6 is 11.6 Å². The van der Waals surface area contributed by atoms with E-state index in [1.165, 1.54) is 6.42 Å². The number of carbonyl (C=O) groups excluding carboxylic acids is 1. The number of carbonyl (C=O) groups is 1. The summed E-state index contributed by atoms with van der Waals surface area (Å²) in [7, 11) is 0. The van der Waals surface area contributed by atoms with E-state index in [0.29, 0.717) is 33.3 Å². The summed E-state index contributed by atoms with van der Waals surface area (Å²) in [5.41, 5.74) is 1.59. The maximum absolute atomic E-state index is 13.4. The van der Waals surface area contributed by atoms with Crippen molar-refractivity contribution in [1.82, 2.24) is 15.0 Å². The first-order chi connectivity index (χ1) is 15.2. The van der Waals surface area contributed by atoms with Crippen molar-refractivity contribution in [2.24, 2.45) is 0 Å². The van der Waals surface area contributed by atoms with Gasteiger partial charge in [-0.3, -0.25) is 4.79 Å². The van der Waals surface area contributed by atoms with E-state index in [1.54, 1.807) is 30.7 Å². The van der Waals surface area contributed by atoms with Gasteiger partial charge in [-0.2, -0.15) is 0 Å². The molecule has 1 fully saturated rings. The van der Waals surface area contributed by atoms with Crippen molar-refractivity contribution in [3.8, 4) is 11.5 Å². The van der Waals surface area contributed by atoms with Crippen LogP contribution in [0.25, 0.3) is 11.0 Å². The van der Waals surface area contributed by atoms with Crippen LogP contribution in [0.1, 0.15) is 35.2 Å². The third kappa shape index (κ3) is 3.86. The van der Waals surface area contributed by atoms with Crippen LogP contribution < -0.4 is 9.64 Å². The van der Waals surface area contributed by atoms with E-state index in [9.17, 15) is 4.79 Å². The Morgan fingerprint density at radius 3 is 2.55 bits per heavy atom. The lowest BCUT2D eigenvalue weighted by molar-refractivity contribution is 0.104. The van der Waals surface area contributed by atoms with E-state index in [-0.39, 0.29) is 5.78 Å². The van der Waals surface area contributed by atoms with E-state index < -0.39 is 0 Å². The van der Waals surface area contributed by atoms with Gasteiger partial charge < -0.3 is 14.6 Å². The molecule has 2 aromatic heterocycles. The Morgan fingerprint density at radius 1 is 0.968 bits per heavy atom. The number of halogens is 1. The molecule has 0 atom stereocenters. The number of aromatic amines is 1. The monoisotopic (exact) mass is 432 g/mol. The molecule has 2 aromatic carbocycles. The van der Waals surface area contributed by atoms with Crippen LogP contribution in [0.4, 0.5) is 5.82 Å². The standard InChI is InChI=1S/C24H21ClN4O2/c25-20-13-17(31-16-7-3-1-4-8-16)9-10-18(20)22(30)19-14-26-23-21(19)24(28-15-27-23)29-11-5-2-6-12-29/h1,3-4,7-10,13-15H,2,5-6,11-12H2,(H,26,27,28). The largest absolute Gasteiger partial charge is 0.457 e. The minimum Gasteiger partial charge on any atom is -0.457 e. The number of aromatic nitrogens is 3. The molecule has 1 aliphatic rings. The summed E-state index contributed by atoms with van der Waals surface area (Å²) in [5, 5.41) is 1.08. The molecular weight excluding hydrogens is 412 g/mol. The third-order valence-corrected chi connectivity index (χ3v) is 5.83. The molecule has 0 amide bonds. The van der Waals surface area contributed by atoms with Gasteiger partial charge in [-0.15, -0.1) is 0 Å². The van der Waals surface area contributed by atoms with Gasteiger partial charge in [-0.1, -0.05) is 29.8 Å². The Labute approximate surface area is 184 Å². The van der Waals surface area contributed by atoms with Gasteiger partial charge in [0.1, 0.15) is 29.3 Å². The van der Waals surface area contributed by atoms with Crippen LogP contribution in [0.15, 0.2) is 61.1 Å². The average molecular weight is 433 g/mol. The zero-order chi connectivity index (χ0) is 21.2. The average Bonchev–Trinajstić information content (AvgIpc) is 3.24. The Bertz CT molecular complexity index is 1230. The molecule has 0 aliphatic carbocycles. The molecule has 1 aliphatic heterocycles. The number of hydrogen-bond donors (Lipinski definition) is 1. The molecule has 6 nitrogen and oxygen atoms in total. The van der Waals surface area contributed by atoms with Crippen LogP contribution in [-0.4, -0.2) is 33.8 Å². The SMILES string of the molecule is O=C(c1ccc(Oc2ccccc2)cc1Cl)c1c[nH]c2ncnc(N3CCCCC3)c12. The van der Waals surface area contributed by atoms with Gasteiger partial charge in [0.2, 0.25) is 0 Å². The van der Waals surface area contributed by atoms with Crippen molar-refractivity contribution in [2.75, 3.05) is 18.0 Å². The first-order valence-electron chi connectivity index (χ1n) is 10.3. The summed E-state index contributed by atoms with van der Waals surface area (Å²) in [5.74, 6) is 1.91. The van der Waals surface area contributed by atoms with E-state index in [4.69, 9.17) is 16.3 Å². The predicted molar refractivity (Wildman–Crippen MR) is 121 cm³/mol. The molecule has 0 unspecified atom stereocenters. The summed E-state index contributed by atoms with van der Waals surface area (Å²) < 4.78 is 5.82. The molecule has 31 heavy (non-hydrogen) atoms. The molecule has 156 valence electrons. The smallest absolute Gasteiger partial charge is 0.196 e. The highest BCUT2D eigenvalue weighted by Crippen LogP contribution is 2.33. The fourth-order valence-electron chi connectivity index (χ4n) is 3.98. The summed E-state index contributed by atoms with van der Waals surface area (Å²) in [6.07, 6.45) is 6.69. The van der Waals surface area contributed by atoms with E-state index >= 15 is 0 Å². The van der Waals surface area contributed by atoms with Crippen LogP contribution in [0.3, 0.4) is 0 Å². The summed E-state index contributed by atoms with van der Waals surface area (Å²) in [4.78, 5) is 27.6. The van der Waals surface area contributed by atoms with Crippen molar-refractivity contribution < 1.29 is 9.53 Å². The lowest BCUT2D eigenvalue weighted by Crippen LogP contribution is -2.30. The van der Waals surface area contributed by atoms with Crippen molar-refractivity contribution in [2.45, 2.75) is 19.3 Å². The molecule has 7 heteroatoms. The van der Waals surface area contributed by atoms with Gasteiger partial charge in [0.15, 0.2) is 5.78 Å². The van der Waals surface area contributed by atoms with Gasteiger partial charge in [0.25, 0.3) is 0 Å². The third-order valence-electron chi connectivity index (χ3n) is 5.51. The van der Waals surface area contributed by atoms with Gasteiger partial charge in [-0.05, 0) is 43.5 Å². The number of ketones is 1. The second kappa shape index (κ2) is 8.40. The fraction of sp³-hybridized carbons (Fsp3) is 0.208. The zero-order valence-electron chi connectivity index (χ0n) is 16.8. The fourth-order valence-corrected chi connectivity index (χ4v) is 4.24. The first kappa shape index (κ1) is 19.6. The molecule has 1 saturated heterocycles. The van der Waals surface area contributed by atoms with E-state index in [0.717, 1.165) is 37.1 Å². The molecule has 0 bridgehead atoms. The van der Waals surface area contributed by atoms with Crippen LogP contribution in [-0.2, 0) is 0 Å². The lowest BCUT2D eigenvalue weighted by Gasteiger charge is -2.28. The predicted octanol–water partition coefficient (Wildman–Crippen LogP) is 5.62. The molecule has 4 aromatic rings. The Kier molecular flexibility index (Phi) is 5.30. The van der Waals surface area contributed by atoms with E-state index in [1.807, 2.05) is 30.3 Å². The molecular formula is C24H21ClN4O2. The minimum absolute atomic E-state index is 0.171. The first-order valence-corrected chi connectivity index (χ1v) is 10.7. The molecule has 1 N–H and O–H groups in total. The second-order valence-corrected chi connectivity index (χ2v) is 7.96. The van der Waals surface area contributed by atoms with Crippen molar-refractivity contribution in [3.63, 3.8) is 0 Å². The van der Waals surface area contributed by atoms with Crippen LogP contribution in [0, 0.1) is 0 Å². The number of benzene rings is 2. The van der Waals surface area contributed by atoms with Crippen molar-refractivity contribution in [1.29, 1.82) is 0 Å². The Hall–Kier alpha value is -3.38. The number of nitrogens with zero attached hydrogens (tertiary/aromatic N) is 3.